The molecule has 1 aliphatic rings. The van der Waals surface area contributed by atoms with Crippen LogP contribution in [-0.4, -0.2) is 48.7 Å². The highest BCUT2D eigenvalue weighted by atomic mass is 16.2. The highest BCUT2D eigenvalue weighted by molar-refractivity contribution is 6.00. The van der Waals surface area contributed by atoms with E-state index in [2.05, 4.69) is 30.4 Å². The Kier molecular flexibility index (Phi) is 3.83. The van der Waals surface area contributed by atoms with Gasteiger partial charge in [0.05, 0.1) is 18.4 Å². The van der Waals surface area contributed by atoms with Crippen LogP contribution >= 0.6 is 0 Å². The van der Waals surface area contributed by atoms with Gasteiger partial charge in [0.2, 0.25) is 5.91 Å². The minimum absolute atomic E-state index is 0.0159. The van der Waals surface area contributed by atoms with Crippen LogP contribution in [0.3, 0.4) is 0 Å². The van der Waals surface area contributed by atoms with Gasteiger partial charge in [-0.05, 0) is 26.0 Å². The van der Waals surface area contributed by atoms with E-state index in [4.69, 9.17) is 0 Å². The number of carbonyl (C=O) groups is 1. The lowest BCUT2D eigenvalue weighted by Gasteiger charge is -2.27. The van der Waals surface area contributed by atoms with Gasteiger partial charge in [0.15, 0.2) is 17.5 Å². The van der Waals surface area contributed by atoms with E-state index in [1.54, 1.807) is 22.1 Å². The van der Waals surface area contributed by atoms with Crippen molar-refractivity contribution in [3.63, 3.8) is 0 Å². The number of nitrogens with zero attached hydrogens (tertiary/aromatic N) is 7. The lowest BCUT2D eigenvalue weighted by Crippen LogP contribution is -2.40. The van der Waals surface area contributed by atoms with Crippen LogP contribution in [0.15, 0.2) is 24.7 Å². The zero-order valence-electron chi connectivity index (χ0n) is 14.8. The number of fused-ring (bicyclic) bond motifs is 1. The van der Waals surface area contributed by atoms with Crippen molar-refractivity contribution in [2.24, 2.45) is 7.05 Å². The molecular weight excluding hydrogens is 332 g/mol. The molecule has 132 valence electrons. The summed E-state index contributed by atoms with van der Waals surface area (Å²) in [6.07, 6.45) is 3.33. The maximum absolute atomic E-state index is 12.1. The molecule has 0 saturated heterocycles. The quantitative estimate of drug-likeness (QED) is 0.762. The first-order valence-electron chi connectivity index (χ1n) is 8.32. The molecule has 3 aromatic rings. The van der Waals surface area contributed by atoms with E-state index in [-0.39, 0.29) is 12.5 Å². The van der Waals surface area contributed by atoms with Crippen LogP contribution in [-0.2, 0) is 11.8 Å². The van der Waals surface area contributed by atoms with Crippen molar-refractivity contribution in [1.29, 1.82) is 0 Å². The van der Waals surface area contributed by atoms with E-state index in [0.29, 0.717) is 35.4 Å². The fourth-order valence-corrected chi connectivity index (χ4v) is 2.93. The van der Waals surface area contributed by atoms with E-state index < -0.39 is 0 Å². The van der Waals surface area contributed by atoms with Crippen LogP contribution in [0.2, 0.25) is 0 Å². The van der Waals surface area contributed by atoms with Gasteiger partial charge < -0.3 is 5.32 Å². The zero-order chi connectivity index (χ0) is 18.3. The summed E-state index contributed by atoms with van der Waals surface area (Å²) < 4.78 is 1.64. The van der Waals surface area contributed by atoms with Crippen molar-refractivity contribution in [3.8, 4) is 22.8 Å². The summed E-state index contributed by atoms with van der Waals surface area (Å²) in [6, 6.07) is 3.79. The second-order valence-electron chi connectivity index (χ2n) is 5.99. The van der Waals surface area contributed by atoms with E-state index in [1.165, 1.54) is 0 Å². The fourth-order valence-electron chi connectivity index (χ4n) is 2.93. The first kappa shape index (κ1) is 16.1. The second kappa shape index (κ2) is 6.17. The Bertz CT molecular complexity index is 996. The number of anilines is 2. The third-order valence-electron chi connectivity index (χ3n) is 4.22. The molecular formula is C17H18N8O. The Hall–Kier alpha value is -3.36. The monoisotopic (exact) mass is 350 g/mol. The molecule has 3 aromatic heterocycles. The predicted octanol–water partition coefficient (Wildman–Crippen LogP) is 1.42. The molecule has 0 bridgehead atoms. The SMILES string of the molecule is CCN1C(=O)CNc2ncc(-c3ccc(-c4ncn(C)n4)nc3C)nc21. The van der Waals surface area contributed by atoms with Crippen molar-refractivity contribution >= 4 is 17.5 Å². The summed E-state index contributed by atoms with van der Waals surface area (Å²) in [7, 11) is 1.81. The van der Waals surface area contributed by atoms with Crippen LogP contribution in [0.5, 0.6) is 0 Å². The summed E-state index contributed by atoms with van der Waals surface area (Å²) >= 11 is 0. The molecule has 0 fully saturated rings. The van der Waals surface area contributed by atoms with Gasteiger partial charge in [-0.15, -0.1) is 5.10 Å². The minimum Gasteiger partial charge on any atom is -0.358 e. The highest BCUT2D eigenvalue weighted by Gasteiger charge is 2.25. The molecule has 4 heterocycles. The number of aryl methyl sites for hydroxylation is 2. The average molecular weight is 350 g/mol. The van der Waals surface area contributed by atoms with Crippen LogP contribution in [0.25, 0.3) is 22.8 Å². The molecule has 1 N–H and O–H groups in total. The Balaban J connectivity index is 1.74. The van der Waals surface area contributed by atoms with E-state index >= 15 is 0 Å². The summed E-state index contributed by atoms with van der Waals surface area (Å²) in [5.74, 6) is 1.73. The molecule has 1 amide bonds. The van der Waals surface area contributed by atoms with Gasteiger partial charge in [0.1, 0.15) is 12.0 Å². The molecule has 4 rings (SSSR count). The van der Waals surface area contributed by atoms with E-state index in [1.807, 2.05) is 33.0 Å². The number of pyridine rings is 1. The third-order valence-corrected chi connectivity index (χ3v) is 4.22. The van der Waals surface area contributed by atoms with Crippen LogP contribution in [0.4, 0.5) is 11.6 Å². The zero-order valence-corrected chi connectivity index (χ0v) is 14.8. The van der Waals surface area contributed by atoms with E-state index in [0.717, 1.165) is 11.3 Å². The van der Waals surface area contributed by atoms with E-state index in [9.17, 15) is 4.79 Å². The van der Waals surface area contributed by atoms with Crippen molar-refractivity contribution in [2.45, 2.75) is 13.8 Å². The Morgan fingerprint density at radius 3 is 2.73 bits per heavy atom. The fraction of sp³-hybridized carbons (Fsp3) is 0.294. The van der Waals surface area contributed by atoms with Crippen molar-refractivity contribution in [1.82, 2.24) is 29.7 Å². The van der Waals surface area contributed by atoms with Gasteiger partial charge in [-0.25, -0.2) is 19.9 Å². The minimum atomic E-state index is -0.0159. The lowest BCUT2D eigenvalue weighted by atomic mass is 10.1. The van der Waals surface area contributed by atoms with Gasteiger partial charge in [-0.1, -0.05) is 0 Å². The molecule has 0 spiro atoms. The molecule has 26 heavy (non-hydrogen) atoms. The molecule has 0 saturated carbocycles. The van der Waals surface area contributed by atoms with Gasteiger partial charge >= 0.3 is 0 Å². The third kappa shape index (κ3) is 2.67. The predicted molar refractivity (Wildman–Crippen MR) is 96.5 cm³/mol. The number of amides is 1. The molecule has 0 unspecified atom stereocenters. The normalized spacial score (nSPS) is 13.5. The number of nitrogens with one attached hydrogen (secondary N) is 1. The van der Waals surface area contributed by atoms with Crippen molar-refractivity contribution < 1.29 is 4.79 Å². The average Bonchev–Trinajstić information content (AvgIpc) is 3.07. The molecule has 0 aliphatic carbocycles. The molecule has 0 atom stereocenters. The number of hydrogen-bond donors (Lipinski definition) is 1. The Morgan fingerprint density at radius 2 is 2.04 bits per heavy atom. The van der Waals surface area contributed by atoms with Crippen molar-refractivity contribution in [2.75, 3.05) is 23.3 Å². The van der Waals surface area contributed by atoms with Gasteiger partial charge in [0, 0.05) is 24.8 Å². The number of rotatable bonds is 3. The largest absolute Gasteiger partial charge is 0.358 e. The summed E-state index contributed by atoms with van der Waals surface area (Å²) in [4.78, 5) is 31.6. The maximum atomic E-state index is 12.1. The van der Waals surface area contributed by atoms with Gasteiger partial charge in [0.25, 0.3) is 0 Å². The second-order valence-corrected chi connectivity index (χ2v) is 5.99. The van der Waals surface area contributed by atoms with Gasteiger partial charge in [-0.2, -0.15) is 0 Å². The number of hydrogen-bond acceptors (Lipinski definition) is 7. The molecule has 0 aromatic carbocycles. The summed E-state index contributed by atoms with van der Waals surface area (Å²) in [5.41, 5.74) is 3.02. The smallest absolute Gasteiger partial charge is 0.247 e. The van der Waals surface area contributed by atoms with Crippen LogP contribution < -0.4 is 10.2 Å². The topological polar surface area (TPSA) is 102 Å². The number of carbonyl (C=O) groups excluding carboxylic acids is 1. The summed E-state index contributed by atoms with van der Waals surface area (Å²) in [6.45, 7) is 4.61. The lowest BCUT2D eigenvalue weighted by molar-refractivity contribution is -0.117. The molecule has 0 radical (unpaired) electrons. The summed E-state index contributed by atoms with van der Waals surface area (Å²) in [5, 5.41) is 7.28. The number of aromatic nitrogens is 6. The highest BCUT2D eigenvalue weighted by Crippen LogP contribution is 2.30. The standard InChI is InChI=1S/C17H18N8O/c1-4-25-14(26)8-19-16-17(25)22-13(7-18-16)11-5-6-12(21-10(11)2)15-20-9-24(3)23-15/h5-7,9H,4,8H2,1-3H3,(H,18,19). The maximum Gasteiger partial charge on any atom is 0.247 e. The molecule has 9 heteroatoms. The first-order valence-corrected chi connectivity index (χ1v) is 8.32. The van der Waals surface area contributed by atoms with Crippen molar-refractivity contribution in [3.05, 3.63) is 30.4 Å². The number of likely N-dealkylation sites (N-methyl/N-ethyl adjacent to an activating group) is 1. The Morgan fingerprint density at radius 1 is 1.19 bits per heavy atom. The van der Waals surface area contributed by atoms with Crippen LogP contribution in [0, 0.1) is 6.92 Å². The first-order chi connectivity index (χ1) is 12.6. The van der Waals surface area contributed by atoms with Gasteiger partial charge in [-0.3, -0.25) is 14.4 Å². The molecule has 1 aliphatic heterocycles. The molecule has 9 nitrogen and oxygen atoms in total. The Labute approximate surface area is 150 Å². The van der Waals surface area contributed by atoms with Crippen LogP contribution in [0.1, 0.15) is 12.6 Å².